The van der Waals surface area contributed by atoms with Gasteiger partial charge in [0.1, 0.15) is 0 Å². The van der Waals surface area contributed by atoms with Crippen molar-refractivity contribution in [3.05, 3.63) is 26.1 Å². The number of nitrogen functional groups attached to an aromatic ring is 1. The largest absolute Gasteiger partial charge is 0.462 e. The number of benzene rings is 1. The highest BCUT2D eigenvalue weighted by atomic mass is 79.9. The molecule has 0 atom stereocenters. The number of esters is 1. The second-order valence-corrected chi connectivity index (χ2v) is 4.68. The molecular formula is C10H11Br2NO2. The standard InChI is InChI=1S/C10H11Br2NO2/c1-3-15-10(14)8-5(2)9(13)7(12)4-6(8)11/h4H,3,13H2,1-2H3. The number of nitrogens with two attached hydrogens (primary N) is 1. The van der Waals surface area contributed by atoms with Crippen molar-refractivity contribution >= 4 is 43.5 Å². The summed E-state index contributed by atoms with van der Waals surface area (Å²) in [6, 6.07) is 1.74. The van der Waals surface area contributed by atoms with E-state index in [-0.39, 0.29) is 5.97 Å². The number of rotatable bonds is 2. The summed E-state index contributed by atoms with van der Waals surface area (Å²) in [4.78, 5) is 11.6. The first-order chi connectivity index (χ1) is 6.99. The summed E-state index contributed by atoms with van der Waals surface area (Å²) in [5.41, 5.74) is 7.57. The molecular weight excluding hydrogens is 326 g/mol. The van der Waals surface area contributed by atoms with Crippen molar-refractivity contribution in [2.45, 2.75) is 13.8 Å². The minimum atomic E-state index is -0.360. The van der Waals surface area contributed by atoms with E-state index >= 15 is 0 Å². The fourth-order valence-electron chi connectivity index (χ4n) is 1.21. The highest BCUT2D eigenvalue weighted by molar-refractivity contribution is 9.11. The lowest BCUT2D eigenvalue weighted by Gasteiger charge is -2.11. The van der Waals surface area contributed by atoms with Gasteiger partial charge in [0.05, 0.1) is 12.2 Å². The van der Waals surface area contributed by atoms with Crippen LogP contribution in [0, 0.1) is 6.92 Å². The quantitative estimate of drug-likeness (QED) is 0.666. The Labute approximate surface area is 105 Å². The van der Waals surface area contributed by atoms with Gasteiger partial charge in [0.15, 0.2) is 0 Å². The molecule has 0 spiro atoms. The van der Waals surface area contributed by atoms with Gasteiger partial charge in [-0.2, -0.15) is 0 Å². The zero-order valence-electron chi connectivity index (χ0n) is 8.43. The first kappa shape index (κ1) is 12.5. The maximum Gasteiger partial charge on any atom is 0.339 e. The van der Waals surface area contributed by atoms with Crippen LogP contribution in [-0.2, 0) is 4.74 Å². The SMILES string of the molecule is CCOC(=O)c1c(Br)cc(Br)c(N)c1C. The van der Waals surface area contributed by atoms with Crippen LogP contribution in [0.4, 0.5) is 5.69 Å². The van der Waals surface area contributed by atoms with E-state index in [0.29, 0.717) is 22.3 Å². The molecule has 15 heavy (non-hydrogen) atoms. The van der Waals surface area contributed by atoms with Crippen LogP contribution in [0.5, 0.6) is 0 Å². The van der Waals surface area contributed by atoms with Crippen LogP contribution in [0.2, 0.25) is 0 Å². The highest BCUT2D eigenvalue weighted by Gasteiger charge is 2.17. The third kappa shape index (κ3) is 2.52. The molecule has 1 rings (SSSR count). The van der Waals surface area contributed by atoms with E-state index in [2.05, 4.69) is 31.9 Å². The van der Waals surface area contributed by atoms with Crippen molar-refractivity contribution in [2.24, 2.45) is 0 Å². The van der Waals surface area contributed by atoms with Crippen molar-refractivity contribution in [3.63, 3.8) is 0 Å². The minimum absolute atomic E-state index is 0.348. The first-order valence-electron chi connectivity index (χ1n) is 4.40. The topological polar surface area (TPSA) is 52.3 Å². The number of halogens is 2. The van der Waals surface area contributed by atoms with Gasteiger partial charge < -0.3 is 10.5 Å². The van der Waals surface area contributed by atoms with Gasteiger partial charge in [-0.1, -0.05) is 0 Å². The zero-order chi connectivity index (χ0) is 11.6. The van der Waals surface area contributed by atoms with Crippen LogP contribution in [-0.4, -0.2) is 12.6 Å². The molecule has 0 saturated heterocycles. The van der Waals surface area contributed by atoms with E-state index in [1.165, 1.54) is 0 Å². The molecule has 0 aliphatic rings. The zero-order valence-corrected chi connectivity index (χ0v) is 11.6. The van der Waals surface area contributed by atoms with Gasteiger partial charge in [-0.25, -0.2) is 4.79 Å². The Morgan fingerprint density at radius 2 is 2.07 bits per heavy atom. The molecule has 1 aromatic rings. The molecule has 0 saturated carbocycles. The number of carbonyl (C=O) groups excluding carboxylic acids is 1. The molecule has 3 nitrogen and oxygen atoms in total. The summed E-state index contributed by atoms with van der Waals surface area (Å²) >= 11 is 6.63. The van der Waals surface area contributed by atoms with E-state index in [1.54, 1.807) is 19.9 Å². The number of anilines is 1. The third-order valence-electron chi connectivity index (χ3n) is 2.01. The second-order valence-electron chi connectivity index (χ2n) is 2.97. The summed E-state index contributed by atoms with van der Waals surface area (Å²) in [5.74, 6) is -0.360. The van der Waals surface area contributed by atoms with E-state index in [4.69, 9.17) is 10.5 Å². The summed E-state index contributed by atoms with van der Waals surface area (Å²) in [7, 11) is 0. The Hall–Kier alpha value is -0.550. The fourth-order valence-corrected chi connectivity index (χ4v) is 2.73. The molecule has 2 N–H and O–H groups in total. The van der Waals surface area contributed by atoms with Crippen molar-refractivity contribution < 1.29 is 9.53 Å². The first-order valence-corrected chi connectivity index (χ1v) is 5.98. The Bertz CT molecular complexity index is 405. The Morgan fingerprint density at radius 1 is 1.47 bits per heavy atom. The molecule has 0 amide bonds. The average Bonchev–Trinajstić information content (AvgIpc) is 2.15. The lowest BCUT2D eigenvalue weighted by atomic mass is 10.1. The Kier molecular flexibility index (Phi) is 4.16. The van der Waals surface area contributed by atoms with E-state index in [1.807, 2.05) is 0 Å². The molecule has 0 fully saturated rings. The van der Waals surface area contributed by atoms with Crippen LogP contribution in [0.1, 0.15) is 22.8 Å². The lowest BCUT2D eigenvalue weighted by Crippen LogP contribution is -2.09. The maximum absolute atomic E-state index is 11.6. The normalized spacial score (nSPS) is 10.1. The van der Waals surface area contributed by atoms with Gasteiger partial charge in [-0.3, -0.25) is 0 Å². The highest BCUT2D eigenvalue weighted by Crippen LogP contribution is 2.32. The summed E-state index contributed by atoms with van der Waals surface area (Å²) in [6.45, 7) is 3.90. The molecule has 0 aliphatic heterocycles. The summed E-state index contributed by atoms with van der Waals surface area (Å²) in [5, 5.41) is 0. The Balaban J connectivity index is 3.29. The lowest BCUT2D eigenvalue weighted by molar-refractivity contribution is 0.0524. The predicted molar refractivity (Wildman–Crippen MR) is 66.9 cm³/mol. The van der Waals surface area contributed by atoms with Crippen LogP contribution in [0.25, 0.3) is 0 Å². The van der Waals surface area contributed by atoms with Crippen LogP contribution in [0.3, 0.4) is 0 Å². The number of carbonyl (C=O) groups is 1. The van der Waals surface area contributed by atoms with E-state index < -0.39 is 0 Å². The minimum Gasteiger partial charge on any atom is -0.462 e. The van der Waals surface area contributed by atoms with Gasteiger partial charge in [0.25, 0.3) is 0 Å². The van der Waals surface area contributed by atoms with Crippen molar-refractivity contribution in [2.75, 3.05) is 12.3 Å². The molecule has 82 valence electrons. The third-order valence-corrected chi connectivity index (χ3v) is 3.29. The monoisotopic (exact) mass is 335 g/mol. The smallest absolute Gasteiger partial charge is 0.339 e. The molecule has 0 aliphatic carbocycles. The molecule has 0 heterocycles. The van der Waals surface area contributed by atoms with E-state index in [9.17, 15) is 4.79 Å². The maximum atomic E-state index is 11.6. The molecule has 5 heteroatoms. The average molecular weight is 337 g/mol. The van der Waals surface area contributed by atoms with Crippen LogP contribution < -0.4 is 5.73 Å². The fraction of sp³-hybridized carbons (Fsp3) is 0.300. The van der Waals surface area contributed by atoms with Gasteiger partial charge in [0, 0.05) is 14.6 Å². The molecule has 0 aromatic heterocycles. The van der Waals surface area contributed by atoms with Gasteiger partial charge >= 0.3 is 5.97 Å². The molecule has 0 unspecified atom stereocenters. The van der Waals surface area contributed by atoms with Crippen molar-refractivity contribution in [3.8, 4) is 0 Å². The second kappa shape index (κ2) is 4.99. The predicted octanol–water partition coefficient (Wildman–Crippen LogP) is 3.28. The van der Waals surface area contributed by atoms with Gasteiger partial charge in [0.2, 0.25) is 0 Å². The number of ether oxygens (including phenoxy) is 1. The molecule has 0 radical (unpaired) electrons. The number of hydrogen-bond acceptors (Lipinski definition) is 3. The van der Waals surface area contributed by atoms with Gasteiger partial charge in [-0.15, -0.1) is 0 Å². The number of hydrogen-bond donors (Lipinski definition) is 1. The van der Waals surface area contributed by atoms with Crippen LogP contribution in [0.15, 0.2) is 15.0 Å². The van der Waals surface area contributed by atoms with Crippen molar-refractivity contribution in [1.29, 1.82) is 0 Å². The summed E-state index contributed by atoms with van der Waals surface area (Å²) in [6.07, 6.45) is 0. The molecule has 0 bridgehead atoms. The van der Waals surface area contributed by atoms with E-state index in [0.717, 1.165) is 10.0 Å². The van der Waals surface area contributed by atoms with Gasteiger partial charge in [-0.05, 0) is 57.3 Å². The van der Waals surface area contributed by atoms with Crippen LogP contribution >= 0.6 is 31.9 Å². The summed E-state index contributed by atoms with van der Waals surface area (Å²) < 4.78 is 6.39. The molecule has 1 aromatic carbocycles. The van der Waals surface area contributed by atoms with Crippen molar-refractivity contribution in [1.82, 2.24) is 0 Å². The Morgan fingerprint density at radius 3 is 2.60 bits per heavy atom.